The Morgan fingerprint density at radius 2 is 1.51 bits per heavy atom. The number of hydrogen-bond donors (Lipinski definition) is 3. The van der Waals surface area contributed by atoms with Gasteiger partial charge in [-0.05, 0) is 43.4 Å². The number of piperidine rings is 1. The molecule has 0 aliphatic carbocycles. The number of anilines is 3. The fraction of sp³-hybridized carbons (Fsp3) is 0.433. The van der Waals surface area contributed by atoms with Crippen molar-refractivity contribution in [2.75, 3.05) is 48.3 Å². The van der Waals surface area contributed by atoms with Gasteiger partial charge in [0.05, 0.1) is 0 Å². The first-order valence-corrected chi connectivity index (χ1v) is 13.7. The van der Waals surface area contributed by atoms with E-state index >= 15 is 0 Å². The van der Waals surface area contributed by atoms with E-state index in [2.05, 4.69) is 105 Å². The number of hydrogen-bond acceptors (Lipinski definition) is 7. The highest BCUT2D eigenvalue weighted by Crippen LogP contribution is 2.27. The van der Waals surface area contributed by atoms with E-state index in [9.17, 15) is 0 Å². The lowest BCUT2D eigenvalue weighted by Crippen LogP contribution is -2.43. The third-order valence-corrected chi connectivity index (χ3v) is 6.89. The molecule has 0 spiro atoms. The monoisotopic (exact) mass is 499 g/mol. The van der Waals surface area contributed by atoms with Crippen molar-refractivity contribution in [3.8, 4) is 0 Å². The molecule has 37 heavy (non-hydrogen) atoms. The highest BCUT2D eigenvalue weighted by atomic mass is 15.3. The van der Waals surface area contributed by atoms with Crippen LogP contribution in [0.25, 0.3) is 0 Å². The molecule has 7 nitrogen and oxygen atoms in total. The van der Waals surface area contributed by atoms with Crippen molar-refractivity contribution in [2.45, 2.75) is 51.0 Å². The molecule has 2 heterocycles. The summed E-state index contributed by atoms with van der Waals surface area (Å²) in [7, 11) is 0. The lowest BCUT2D eigenvalue weighted by molar-refractivity contribution is 0.406. The molecule has 196 valence electrons. The highest BCUT2D eigenvalue weighted by Gasteiger charge is 2.22. The van der Waals surface area contributed by atoms with Crippen molar-refractivity contribution in [1.82, 2.24) is 20.3 Å². The summed E-state index contributed by atoms with van der Waals surface area (Å²) >= 11 is 0. The maximum absolute atomic E-state index is 4.72. The van der Waals surface area contributed by atoms with E-state index < -0.39 is 0 Å². The summed E-state index contributed by atoms with van der Waals surface area (Å²) in [4.78, 5) is 16.2. The molecule has 2 aromatic carbocycles. The summed E-state index contributed by atoms with van der Waals surface area (Å²) in [6.07, 6.45) is 7.24. The molecule has 4 rings (SSSR count). The number of nitrogens with one attached hydrogen (secondary N) is 3. The van der Waals surface area contributed by atoms with E-state index in [4.69, 9.17) is 4.98 Å². The molecule has 7 heteroatoms. The van der Waals surface area contributed by atoms with Gasteiger partial charge in [0, 0.05) is 38.1 Å². The first-order chi connectivity index (χ1) is 18.3. The van der Waals surface area contributed by atoms with Gasteiger partial charge in [0.2, 0.25) is 17.8 Å². The minimum atomic E-state index is 0.403. The van der Waals surface area contributed by atoms with Gasteiger partial charge < -0.3 is 20.9 Å². The minimum Gasteiger partial charge on any atom is -0.354 e. The Kier molecular flexibility index (Phi) is 10.3. The Morgan fingerprint density at radius 3 is 2.11 bits per heavy atom. The molecule has 1 saturated heterocycles. The number of unbranched alkanes of at least 4 members (excludes halogenated alkanes) is 1. The zero-order valence-electron chi connectivity index (χ0n) is 22.1. The largest absolute Gasteiger partial charge is 0.354 e. The maximum Gasteiger partial charge on any atom is 0.231 e. The lowest BCUT2D eigenvalue weighted by Gasteiger charge is -2.33. The Labute approximate surface area is 221 Å². The minimum absolute atomic E-state index is 0.403. The average Bonchev–Trinajstić information content (AvgIpc) is 2.95. The van der Waals surface area contributed by atoms with E-state index in [0.717, 1.165) is 64.2 Å². The van der Waals surface area contributed by atoms with E-state index in [1.807, 2.05) is 6.08 Å². The van der Waals surface area contributed by atoms with E-state index in [-0.39, 0.29) is 0 Å². The van der Waals surface area contributed by atoms with Gasteiger partial charge in [-0.2, -0.15) is 15.0 Å². The number of nitrogens with zero attached hydrogens (tertiary/aromatic N) is 4. The summed E-state index contributed by atoms with van der Waals surface area (Å²) < 4.78 is 0. The van der Waals surface area contributed by atoms with Gasteiger partial charge in [0.1, 0.15) is 0 Å². The summed E-state index contributed by atoms with van der Waals surface area (Å²) in [5.74, 6) is 2.38. The molecule has 0 bridgehead atoms. The number of rotatable bonds is 14. The molecule has 3 aromatic rings. The smallest absolute Gasteiger partial charge is 0.231 e. The standard InChI is InChI=1S/C30H41N7/c1-3-5-20-33-29-34-28(32-19-4-2)35-30(36-29)37-22-17-26(18-23-37)31-21-16-27(24-12-8-6-9-13-24)25-14-10-7-11-15-25/h4,6-15,26-27,31H,2-3,5,16-23H2,1H3,(H2,32,33,34,35,36). The molecule has 0 unspecified atom stereocenters. The first kappa shape index (κ1) is 26.6. The van der Waals surface area contributed by atoms with Crippen molar-refractivity contribution in [2.24, 2.45) is 0 Å². The molecule has 0 saturated carbocycles. The van der Waals surface area contributed by atoms with E-state index in [1.165, 1.54) is 11.1 Å². The second-order valence-electron chi connectivity index (χ2n) is 9.61. The molecular weight excluding hydrogens is 458 g/mol. The normalized spacial score (nSPS) is 14.1. The predicted octanol–water partition coefficient (Wildman–Crippen LogP) is 5.46. The van der Waals surface area contributed by atoms with Crippen molar-refractivity contribution in [3.05, 3.63) is 84.4 Å². The van der Waals surface area contributed by atoms with Crippen molar-refractivity contribution >= 4 is 17.8 Å². The molecule has 0 radical (unpaired) electrons. The summed E-state index contributed by atoms with van der Waals surface area (Å²) in [6, 6.07) is 22.2. The Balaban J connectivity index is 1.32. The summed E-state index contributed by atoms with van der Waals surface area (Å²) in [6.45, 7) is 10.3. The topological polar surface area (TPSA) is 78.0 Å². The quantitative estimate of drug-likeness (QED) is 0.201. The molecule has 1 aliphatic rings. The van der Waals surface area contributed by atoms with Gasteiger partial charge in [0.15, 0.2) is 0 Å². The van der Waals surface area contributed by atoms with Crippen molar-refractivity contribution < 1.29 is 0 Å². The third-order valence-electron chi connectivity index (χ3n) is 6.89. The van der Waals surface area contributed by atoms with Gasteiger partial charge >= 0.3 is 0 Å². The molecule has 1 fully saturated rings. The van der Waals surface area contributed by atoms with Crippen LogP contribution in [0.1, 0.15) is 56.1 Å². The Morgan fingerprint density at radius 1 is 0.892 bits per heavy atom. The molecule has 1 aromatic heterocycles. The maximum atomic E-state index is 4.72. The van der Waals surface area contributed by atoms with E-state index in [1.54, 1.807) is 0 Å². The van der Waals surface area contributed by atoms with Crippen LogP contribution in [0.15, 0.2) is 73.3 Å². The second kappa shape index (κ2) is 14.3. The van der Waals surface area contributed by atoms with Crippen molar-refractivity contribution in [3.63, 3.8) is 0 Å². The molecule has 0 amide bonds. The van der Waals surface area contributed by atoms with Gasteiger partial charge in [0.25, 0.3) is 0 Å². The SMILES string of the molecule is C=CCNc1nc(NCCCC)nc(N2CCC(NCCC(c3ccccc3)c3ccccc3)CC2)n1. The Bertz CT molecular complexity index is 1030. The van der Waals surface area contributed by atoms with E-state index in [0.29, 0.717) is 30.4 Å². The zero-order valence-corrected chi connectivity index (χ0v) is 22.1. The number of benzene rings is 2. The van der Waals surface area contributed by atoms with Crippen LogP contribution in [-0.2, 0) is 0 Å². The van der Waals surface area contributed by atoms with Crippen LogP contribution in [0.4, 0.5) is 17.8 Å². The van der Waals surface area contributed by atoms with Crippen LogP contribution in [0, 0.1) is 0 Å². The van der Waals surface area contributed by atoms with Gasteiger partial charge in [-0.1, -0.05) is 80.1 Å². The highest BCUT2D eigenvalue weighted by molar-refractivity contribution is 5.44. The predicted molar refractivity (Wildman–Crippen MR) is 154 cm³/mol. The van der Waals surface area contributed by atoms with Gasteiger partial charge in [-0.3, -0.25) is 0 Å². The Hall–Kier alpha value is -3.45. The van der Waals surface area contributed by atoms with Crippen LogP contribution in [-0.4, -0.2) is 53.7 Å². The van der Waals surface area contributed by atoms with Crippen LogP contribution >= 0.6 is 0 Å². The molecule has 1 aliphatic heterocycles. The molecule has 0 atom stereocenters. The summed E-state index contributed by atoms with van der Waals surface area (Å²) in [5.41, 5.74) is 2.76. The first-order valence-electron chi connectivity index (χ1n) is 13.7. The van der Waals surface area contributed by atoms with Crippen LogP contribution in [0.5, 0.6) is 0 Å². The van der Waals surface area contributed by atoms with Crippen LogP contribution in [0.3, 0.4) is 0 Å². The van der Waals surface area contributed by atoms with Gasteiger partial charge in [-0.25, -0.2) is 0 Å². The molecule has 3 N–H and O–H groups in total. The van der Waals surface area contributed by atoms with Crippen LogP contribution in [0.2, 0.25) is 0 Å². The van der Waals surface area contributed by atoms with Crippen LogP contribution < -0.4 is 20.9 Å². The van der Waals surface area contributed by atoms with Crippen molar-refractivity contribution in [1.29, 1.82) is 0 Å². The lowest BCUT2D eigenvalue weighted by atomic mass is 9.88. The second-order valence-corrected chi connectivity index (χ2v) is 9.61. The fourth-order valence-corrected chi connectivity index (χ4v) is 4.82. The molecular formula is C30H41N7. The third kappa shape index (κ3) is 8.02. The zero-order chi connectivity index (χ0) is 25.7. The average molecular weight is 500 g/mol. The fourth-order valence-electron chi connectivity index (χ4n) is 4.82. The number of aromatic nitrogens is 3. The summed E-state index contributed by atoms with van der Waals surface area (Å²) in [5, 5.41) is 10.4. The van der Waals surface area contributed by atoms with Gasteiger partial charge in [-0.15, -0.1) is 6.58 Å².